The van der Waals surface area contributed by atoms with Crippen LogP contribution in [0.4, 0.5) is 10.2 Å². The molecule has 2 aliphatic rings. The number of aromatic nitrogens is 3. The van der Waals surface area contributed by atoms with Crippen molar-refractivity contribution in [3.8, 4) is 11.3 Å². The minimum Gasteiger partial charge on any atom is -0.363 e. The molecule has 0 saturated heterocycles. The van der Waals surface area contributed by atoms with E-state index in [1.807, 2.05) is 0 Å². The van der Waals surface area contributed by atoms with Crippen molar-refractivity contribution in [1.82, 2.24) is 20.1 Å². The van der Waals surface area contributed by atoms with Crippen LogP contribution in [-0.2, 0) is 7.05 Å². The quantitative estimate of drug-likeness (QED) is 0.781. The van der Waals surface area contributed by atoms with Crippen LogP contribution < -0.4 is 16.4 Å². The molecule has 0 bridgehead atoms. The van der Waals surface area contributed by atoms with Crippen molar-refractivity contribution in [1.29, 1.82) is 0 Å². The Bertz CT molecular complexity index is 864. The Morgan fingerprint density at radius 1 is 1.38 bits per heavy atom. The van der Waals surface area contributed by atoms with Crippen molar-refractivity contribution in [2.45, 2.75) is 50.7 Å². The number of anilines is 1. The second-order valence-corrected chi connectivity index (χ2v) is 7.21. The first-order chi connectivity index (χ1) is 12.5. The first-order valence-corrected chi connectivity index (χ1v) is 9.01. The molecular formula is C18H23FN6O. The minimum absolute atomic E-state index is 0.0223. The van der Waals surface area contributed by atoms with Crippen molar-refractivity contribution in [3.05, 3.63) is 29.3 Å². The number of halogens is 1. The Hall–Kier alpha value is -2.48. The smallest absolute Gasteiger partial charge is 0.254 e. The Kier molecular flexibility index (Phi) is 4.14. The molecule has 1 fully saturated rings. The number of amides is 1. The van der Waals surface area contributed by atoms with Gasteiger partial charge in [0.1, 0.15) is 0 Å². The van der Waals surface area contributed by atoms with Crippen LogP contribution >= 0.6 is 0 Å². The highest BCUT2D eigenvalue weighted by molar-refractivity contribution is 6.04. The van der Waals surface area contributed by atoms with Crippen LogP contribution in [0.1, 0.15) is 54.6 Å². The molecule has 3 unspecified atom stereocenters. The van der Waals surface area contributed by atoms with E-state index < -0.39 is 11.9 Å². The summed E-state index contributed by atoms with van der Waals surface area (Å²) in [6.45, 7) is 1.77. The molecule has 2 aromatic rings. The van der Waals surface area contributed by atoms with E-state index in [-0.39, 0.29) is 23.8 Å². The lowest BCUT2D eigenvalue weighted by Gasteiger charge is -2.30. The molecule has 0 radical (unpaired) electrons. The summed E-state index contributed by atoms with van der Waals surface area (Å²) in [4.78, 5) is 16.9. The summed E-state index contributed by atoms with van der Waals surface area (Å²) in [6.07, 6.45) is 7.35. The molecule has 2 aromatic heterocycles. The normalized spacial score (nSPS) is 25.1. The van der Waals surface area contributed by atoms with Gasteiger partial charge in [0.2, 0.25) is 0 Å². The topological polar surface area (TPSA) is 97.9 Å². The van der Waals surface area contributed by atoms with E-state index in [2.05, 4.69) is 20.7 Å². The van der Waals surface area contributed by atoms with Crippen LogP contribution in [0.5, 0.6) is 0 Å². The molecular weight excluding hydrogens is 335 g/mol. The fourth-order valence-corrected chi connectivity index (χ4v) is 3.92. The zero-order valence-electron chi connectivity index (χ0n) is 14.9. The van der Waals surface area contributed by atoms with Crippen LogP contribution in [0.2, 0.25) is 0 Å². The molecule has 1 aliphatic heterocycles. The van der Waals surface area contributed by atoms with E-state index in [9.17, 15) is 4.79 Å². The third-order valence-electron chi connectivity index (χ3n) is 5.30. The lowest BCUT2D eigenvalue weighted by Crippen LogP contribution is -2.43. The van der Waals surface area contributed by atoms with Crippen LogP contribution in [0, 0.1) is 5.82 Å². The molecule has 1 amide bonds. The molecule has 4 N–H and O–H groups in total. The van der Waals surface area contributed by atoms with Crippen LogP contribution in [0.3, 0.4) is 0 Å². The summed E-state index contributed by atoms with van der Waals surface area (Å²) in [7, 11) is 1.79. The van der Waals surface area contributed by atoms with Gasteiger partial charge in [-0.1, -0.05) is 12.8 Å². The fraction of sp³-hybridized carbons (Fsp3) is 0.500. The summed E-state index contributed by atoms with van der Waals surface area (Å²) >= 11 is 0. The highest BCUT2D eigenvalue weighted by Gasteiger charge is 2.35. The lowest BCUT2D eigenvalue weighted by atomic mass is 9.91. The van der Waals surface area contributed by atoms with Gasteiger partial charge in [0.15, 0.2) is 11.6 Å². The first kappa shape index (κ1) is 17.0. The maximum Gasteiger partial charge on any atom is 0.254 e. The van der Waals surface area contributed by atoms with Gasteiger partial charge in [-0.05, 0) is 19.8 Å². The average Bonchev–Trinajstić information content (AvgIpc) is 3.16. The van der Waals surface area contributed by atoms with Gasteiger partial charge < -0.3 is 16.4 Å². The molecule has 7 nitrogen and oxygen atoms in total. The van der Waals surface area contributed by atoms with Crippen molar-refractivity contribution < 1.29 is 9.18 Å². The average molecular weight is 358 g/mol. The number of rotatable bonds is 3. The van der Waals surface area contributed by atoms with Gasteiger partial charge in [0.05, 0.1) is 23.5 Å². The number of hydrogen-bond acceptors (Lipinski definition) is 5. The number of aryl methyl sites for hydroxylation is 1. The largest absolute Gasteiger partial charge is 0.363 e. The zero-order valence-corrected chi connectivity index (χ0v) is 14.9. The van der Waals surface area contributed by atoms with Crippen molar-refractivity contribution in [3.63, 3.8) is 0 Å². The first-order valence-electron chi connectivity index (χ1n) is 9.01. The second kappa shape index (κ2) is 6.35. The van der Waals surface area contributed by atoms with Crippen molar-refractivity contribution in [2.75, 3.05) is 5.32 Å². The molecule has 1 saturated carbocycles. The number of carbonyl (C=O) groups excluding carboxylic acids is 1. The Labute approximate surface area is 151 Å². The molecule has 8 heteroatoms. The van der Waals surface area contributed by atoms with Gasteiger partial charge >= 0.3 is 0 Å². The second-order valence-electron chi connectivity index (χ2n) is 7.21. The van der Waals surface area contributed by atoms with Crippen molar-refractivity contribution in [2.24, 2.45) is 12.8 Å². The summed E-state index contributed by atoms with van der Waals surface area (Å²) in [6, 6.07) is -0.459. The molecule has 0 spiro atoms. The molecule has 1 aliphatic carbocycles. The number of carbonyl (C=O) groups is 1. The summed E-state index contributed by atoms with van der Waals surface area (Å²) in [5.74, 6) is -0.622. The van der Waals surface area contributed by atoms with Crippen molar-refractivity contribution >= 4 is 11.7 Å². The van der Waals surface area contributed by atoms with E-state index in [0.29, 0.717) is 22.4 Å². The summed E-state index contributed by atoms with van der Waals surface area (Å²) in [5.41, 5.74) is 7.98. The van der Waals surface area contributed by atoms with Gasteiger partial charge in [-0.2, -0.15) is 5.10 Å². The van der Waals surface area contributed by atoms with E-state index in [1.54, 1.807) is 31.0 Å². The van der Waals surface area contributed by atoms with Crippen LogP contribution in [0.25, 0.3) is 11.3 Å². The van der Waals surface area contributed by atoms with Gasteiger partial charge in [0, 0.05) is 36.5 Å². The predicted molar refractivity (Wildman–Crippen MR) is 96.1 cm³/mol. The minimum atomic E-state index is -0.476. The number of nitrogens with zero attached hydrogens (tertiary/aromatic N) is 3. The van der Waals surface area contributed by atoms with Gasteiger partial charge in [-0.25, -0.2) is 9.37 Å². The number of nitrogens with one attached hydrogen (secondary N) is 2. The highest BCUT2D eigenvalue weighted by atomic mass is 19.1. The molecule has 0 aromatic carbocycles. The van der Waals surface area contributed by atoms with Crippen LogP contribution in [-0.4, -0.2) is 32.8 Å². The molecule has 3 atom stereocenters. The zero-order chi connectivity index (χ0) is 18.4. The third kappa shape index (κ3) is 2.74. The Morgan fingerprint density at radius 3 is 2.85 bits per heavy atom. The van der Waals surface area contributed by atoms with Gasteiger partial charge in [-0.15, -0.1) is 0 Å². The van der Waals surface area contributed by atoms with Gasteiger partial charge in [-0.3, -0.25) is 9.48 Å². The summed E-state index contributed by atoms with van der Waals surface area (Å²) < 4.78 is 16.8. The number of pyridine rings is 1. The number of fused-ring (bicyclic) bond motifs is 1. The van der Waals surface area contributed by atoms with E-state index in [1.165, 1.54) is 0 Å². The maximum atomic E-state index is 15.2. The lowest BCUT2D eigenvalue weighted by molar-refractivity contribution is 0.0959. The maximum absolute atomic E-state index is 15.2. The number of hydrogen-bond donors (Lipinski definition) is 3. The van der Waals surface area contributed by atoms with E-state index in [0.717, 1.165) is 25.7 Å². The van der Waals surface area contributed by atoms with Gasteiger partial charge in [0.25, 0.3) is 5.91 Å². The molecule has 138 valence electrons. The predicted octanol–water partition coefficient (Wildman–Crippen LogP) is 2.11. The SMILES string of the molecule is CC1NC(=O)c2c(-c3cnn(C)c3)nc(NC3CCCCC3N)c(F)c21. The number of nitrogens with two attached hydrogens (primary N) is 1. The third-order valence-corrected chi connectivity index (χ3v) is 5.30. The molecule has 3 heterocycles. The standard InChI is InChI=1S/C18H23FN6O/c1-9-13-14(18(26)22-9)16(10-7-21-25(2)8-10)24-17(15(13)19)23-12-6-4-3-5-11(12)20/h7-9,11-12H,3-6,20H2,1-2H3,(H,22,26)(H,23,24). The van der Waals surface area contributed by atoms with E-state index in [4.69, 9.17) is 5.73 Å². The Balaban J connectivity index is 1.82. The Morgan fingerprint density at radius 2 is 2.15 bits per heavy atom. The monoisotopic (exact) mass is 358 g/mol. The molecule has 26 heavy (non-hydrogen) atoms. The fourth-order valence-electron chi connectivity index (χ4n) is 3.92. The molecule has 4 rings (SSSR count). The van der Waals surface area contributed by atoms with E-state index >= 15 is 4.39 Å². The summed E-state index contributed by atoms with van der Waals surface area (Å²) in [5, 5.41) is 10.1. The highest BCUT2D eigenvalue weighted by Crippen LogP contribution is 2.37. The van der Waals surface area contributed by atoms with Crippen LogP contribution in [0.15, 0.2) is 12.4 Å².